The minimum absolute atomic E-state index is 0.0321. The molecular formula is C26H28ClN3O2. The minimum Gasteiger partial charge on any atom is -0.350 e. The molecule has 0 fully saturated rings. The topological polar surface area (TPSA) is 62.3 Å². The van der Waals surface area contributed by atoms with Gasteiger partial charge < -0.3 is 5.32 Å². The summed E-state index contributed by atoms with van der Waals surface area (Å²) in [4.78, 5) is 32.0. The second-order valence-corrected chi connectivity index (χ2v) is 8.85. The summed E-state index contributed by atoms with van der Waals surface area (Å²) in [5.41, 5.74) is 3.28. The van der Waals surface area contributed by atoms with Gasteiger partial charge in [0.25, 0.3) is 0 Å². The van der Waals surface area contributed by atoms with E-state index in [1.807, 2.05) is 54.6 Å². The fraction of sp³-hybridized carbons (Fsp3) is 0.269. The number of carbonyl (C=O) groups is 2. The van der Waals surface area contributed by atoms with Gasteiger partial charge in [0, 0.05) is 30.2 Å². The first-order valence-electron chi connectivity index (χ1n) is 10.5. The van der Waals surface area contributed by atoms with Gasteiger partial charge >= 0.3 is 0 Å². The number of carbonyl (C=O) groups excluding carboxylic acids is 2. The second kappa shape index (κ2) is 10.4. The third-order valence-corrected chi connectivity index (χ3v) is 5.44. The van der Waals surface area contributed by atoms with Crippen molar-refractivity contribution in [2.75, 3.05) is 10.8 Å². The van der Waals surface area contributed by atoms with Crippen LogP contribution in [0.2, 0.25) is 0 Å². The summed E-state index contributed by atoms with van der Waals surface area (Å²) in [5, 5.41) is 2.96. The molecule has 32 heavy (non-hydrogen) atoms. The van der Waals surface area contributed by atoms with Crippen LogP contribution in [0.5, 0.6) is 0 Å². The molecule has 166 valence electrons. The molecule has 0 aliphatic carbocycles. The van der Waals surface area contributed by atoms with Crippen LogP contribution in [-0.4, -0.2) is 22.7 Å². The number of nitrogens with one attached hydrogen (secondary N) is 1. The Kier molecular flexibility index (Phi) is 7.65. The molecule has 3 rings (SSSR count). The third kappa shape index (κ3) is 5.74. The summed E-state index contributed by atoms with van der Waals surface area (Å²) in [6.07, 6.45) is 3.24. The maximum atomic E-state index is 13.4. The zero-order valence-electron chi connectivity index (χ0n) is 18.6. The molecule has 0 radical (unpaired) electrons. The van der Waals surface area contributed by atoms with E-state index >= 15 is 0 Å². The van der Waals surface area contributed by atoms with Gasteiger partial charge in [0.2, 0.25) is 11.8 Å². The summed E-state index contributed by atoms with van der Waals surface area (Å²) >= 11 is 5.97. The lowest BCUT2D eigenvalue weighted by atomic mass is 9.87. The molecule has 5 nitrogen and oxygen atoms in total. The lowest BCUT2D eigenvalue weighted by molar-refractivity contribution is -0.126. The number of pyridine rings is 1. The highest BCUT2D eigenvalue weighted by atomic mass is 35.5. The van der Waals surface area contributed by atoms with Crippen LogP contribution in [0.3, 0.4) is 0 Å². The maximum Gasteiger partial charge on any atom is 0.248 e. The molecule has 1 aromatic heterocycles. The van der Waals surface area contributed by atoms with Gasteiger partial charge in [-0.05, 0) is 34.7 Å². The largest absolute Gasteiger partial charge is 0.350 e. The number of amides is 2. The molecular weight excluding hydrogens is 422 g/mol. The van der Waals surface area contributed by atoms with Crippen molar-refractivity contribution in [1.82, 2.24) is 10.3 Å². The van der Waals surface area contributed by atoms with Crippen molar-refractivity contribution in [2.24, 2.45) is 0 Å². The van der Waals surface area contributed by atoms with E-state index in [2.05, 4.69) is 31.1 Å². The number of hydrogen-bond donors (Lipinski definition) is 1. The number of rotatable bonds is 7. The Morgan fingerprint density at radius 2 is 1.69 bits per heavy atom. The highest BCUT2D eigenvalue weighted by Gasteiger charge is 2.32. The SMILES string of the molecule is CC(C)(C)c1ccc(N(C(=O)CCl)C(C(=O)NCc2ccccc2)c2cccnc2)cc1. The fourth-order valence-corrected chi connectivity index (χ4v) is 3.59. The predicted molar refractivity (Wildman–Crippen MR) is 129 cm³/mol. The lowest BCUT2D eigenvalue weighted by Gasteiger charge is -2.31. The van der Waals surface area contributed by atoms with Gasteiger partial charge in [0.1, 0.15) is 11.9 Å². The van der Waals surface area contributed by atoms with Crippen molar-refractivity contribution in [3.05, 3.63) is 95.8 Å². The second-order valence-electron chi connectivity index (χ2n) is 8.59. The Balaban J connectivity index is 1.98. The quantitative estimate of drug-likeness (QED) is 0.516. The summed E-state index contributed by atoms with van der Waals surface area (Å²) in [5.74, 6) is -0.914. The molecule has 0 aliphatic rings. The van der Waals surface area contributed by atoms with E-state index in [1.165, 1.54) is 4.90 Å². The first kappa shape index (κ1) is 23.5. The molecule has 0 bridgehead atoms. The fourth-order valence-electron chi connectivity index (χ4n) is 3.46. The lowest BCUT2D eigenvalue weighted by Crippen LogP contribution is -2.44. The van der Waals surface area contributed by atoms with Crippen molar-refractivity contribution in [3.63, 3.8) is 0 Å². The molecule has 3 aromatic rings. The van der Waals surface area contributed by atoms with Gasteiger partial charge in [-0.1, -0.05) is 69.3 Å². The molecule has 2 aromatic carbocycles. The normalized spacial score (nSPS) is 12.1. The maximum absolute atomic E-state index is 13.4. The molecule has 0 saturated heterocycles. The smallest absolute Gasteiger partial charge is 0.248 e. The zero-order valence-corrected chi connectivity index (χ0v) is 19.3. The summed E-state index contributed by atoms with van der Waals surface area (Å²) < 4.78 is 0. The number of benzene rings is 2. The average molecular weight is 450 g/mol. The molecule has 1 unspecified atom stereocenters. The Morgan fingerprint density at radius 3 is 2.25 bits per heavy atom. The van der Waals surface area contributed by atoms with Gasteiger partial charge in [-0.25, -0.2) is 0 Å². The van der Waals surface area contributed by atoms with Gasteiger partial charge in [-0.3, -0.25) is 19.5 Å². The van der Waals surface area contributed by atoms with Gasteiger partial charge in [-0.2, -0.15) is 0 Å². The highest BCUT2D eigenvalue weighted by Crippen LogP contribution is 2.31. The minimum atomic E-state index is -0.904. The Labute approximate surface area is 194 Å². The Bertz CT molecular complexity index is 1030. The Hall–Kier alpha value is -3.18. The molecule has 2 amide bonds. The van der Waals surface area contributed by atoms with Crippen LogP contribution < -0.4 is 10.2 Å². The van der Waals surface area contributed by atoms with E-state index in [0.717, 1.165) is 11.1 Å². The van der Waals surface area contributed by atoms with Crippen LogP contribution >= 0.6 is 11.6 Å². The predicted octanol–water partition coefficient (Wildman–Crippen LogP) is 5.01. The molecule has 0 saturated carbocycles. The third-order valence-electron chi connectivity index (χ3n) is 5.21. The van der Waals surface area contributed by atoms with E-state index < -0.39 is 6.04 Å². The number of aromatic nitrogens is 1. The van der Waals surface area contributed by atoms with Gasteiger partial charge in [-0.15, -0.1) is 11.6 Å². The number of halogens is 1. The zero-order chi connectivity index (χ0) is 23.1. The van der Waals surface area contributed by atoms with Crippen molar-refractivity contribution < 1.29 is 9.59 Å². The first-order valence-corrected chi connectivity index (χ1v) is 11.0. The standard InChI is InChI=1S/C26H28ClN3O2/c1-26(2,3)21-11-13-22(14-12-21)30(23(31)16-27)24(20-10-7-15-28-18-20)25(32)29-17-19-8-5-4-6-9-19/h4-15,18,24H,16-17H2,1-3H3,(H,29,32). The van der Waals surface area contributed by atoms with Crippen molar-refractivity contribution in [1.29, 1.82) is 0 Å². The van der Waals surface area contributed by atoms with Crippen molar-refractivity contribution in [2.45, 2.75) is 38.8 Å². The van der Waals surface area contributed by atoms with Crippen LogP contribution in [-0.2, 0) is 21.5 Å². The van der Waals surface area contributed by atoms with Gasteiger partial charge in [0.15, 0.2) is 0 Å². The van der Waals surface area contributed by atoms with Crippen molar-refractivity contribution >= 4 is 29.1 Å². The molecule has 1 atom stereocenters. The molecule has 0 spiro atoms. The van der Waals surface area contributed by atoms with E-state index in [9.17, 15) is 9.59 Å². The summed E-state index contributed by atoms with van der Waals surface area (Å²) in [7, 11) is 0. The number of anilines is 1. The van der Waals surface area contributed by atoms with Gasteiger partial charge in [0.05, 0.1) is 0 Å². The molecule has 0 aliphatic heterocycles. The number of nitrogens with zero attached hydrogens (tertiary/aromatic N) is 2. The van der Waals surface area contributed by atoms with E-state index in [1.54, 1.807) is 24.5 Å². The van der Waals surface area contributed by atoms with Crippen LogP contribution in [0.25, 0.3) is 0 Å². The van der Waals surface area contributed by atoms with Crippen molar-refractivity contribution in [3.8, 4) is 0 Å². The highest BCUT2D eigenvalue weighted by molar-refractivity contribution is 6.29. The van der Waals surface area contributed by atoms with Crippen LogP contribution in [0.1, 0.15) is 43.5 Å². The van der Waals surface area contributed by atoms with Crippen LogP contribution in [0.15, 0.2) is 79.1 Å². The monoisotopic (exact) mass is 449 g/mol. The molecule has 6 heteroatoms. The first-order chi connectivity index (χ1) is 15.3. The number of hydrogen-bond acceptors (Lipinski definition) is 3. The van der Waals surface area contributed by atoms with E-state index in [-0.39, 0.29) is 23.1 Å². The molecule has 1 heterocycles. The molecule has 1 N–H and O–H groups in total. The summed E-state index contributed by atoms with van der Waals surface area (Å²) in [6, 6.07) is 19.9. The Morgan fingerprint density at radius 1 is 1.00 bits per heavy atom. The average Bonchev–Trinajstić information content (AvgIpc) is 2.81. The van der Waals surface area contributed by atoms with E-state index in [4.69, 9.17) is 11.6 Å². The summed E-state index contributed by atoms with van der Waals surface area (Å²) in [6.45, 7) is 6.72. The van der Waals surface area contributed by atoms with E-state index in [0.29, 0.717) is 17.8 Å². The van der Waals surface area contributed by atoms with Crippen LogP contribution in [0, 0.1) is 0 Å². The van der Waals surface area contributed by atoms with Crippen LogP contribution in [0.4, 0.5) is 5.69 Å². The number of alkyl halides is 1.